The van der Waals surface area contributed by atoms with Crippen LogP contribution in [0.5, 0.6) is 0 Å². The molecule has 0 N–H and O–H groups in total. The molecule has 0 radical (unpaired) electrons. The van der Waals surface area contributed by atoms with E-state index in [1.54, 1.807) is 6.20 Å². The van der Waals surface area contributed by atoms with Crippen LogP contribution >= 0.6 is 11.6 Å². The van der Waals surface area contributed by atoms with Gasteiger partial charge in [0.05, 0.1) is 16.4 Å². The molecule has 0 fully saturated rings. The number of imidazole rings is 1. The van der Waals surface area contributed by atoms with Gasteiger partial charge in [0.15, 0.2) is 0 Å². The number of rotatable bonds is 2. The van der Waals surface area contributed by atoms with Crippen LogP contribution in [0.4, 0.5) is 0 Å². The number of aromatic nitrogens is 4. The van der Waals surface area contributed by atoms with Gasteiger partial charge >= 0.3 is 0 Å². The summed E-state index contributed by atoms with van der Waals surface area (Å²) in [5.74, 6) is 0. The predicted octanol–water partition coefficient (Wildman–Crippen LogP) is 2.95. The number of nitrogens with zero attached hydrogens (tertiary/aromatic N) is 4. The fraction of sp³-hybridized carbons (Fsp3) is 0. The van der Waals surface area contributed by atoms with E-state index in [1.807, 2.05) is 47.1 Å². The van der Waals surface area contributed by atoms with Gasteiger partial charge in [0.2, 0.25) is 0 Å². The molecule has 0 saturated heterocycles. The second kappa shape index (κ2) is 4.58. The van der Waals surface area contributed by atoms with E-state index in [-0.39, 0.29) is 0 Å². The second-order valence-electron chi connectivity index (χ2n) is 3.75. The molecule has 0 unspecified atom stereocenters. The summed E-state index contributed by atoms with van der Waals surface area (Å²) in [6.07, 6.45) is 10.8. The van der Waals surface area contributed by atoms with Crippen molar-refractivity contribution < 1.29 is 0 Å². The van der Waals surface area contributed by atoms with Crippen molar-refractivity contribution in [3.05, 3.63) is 59.5 Å². The molecule has 0 amide bonds. The lowest BCUT2D eigenvalue weighted by Crippen LogP contribution is -1.79. The Morgan fingerprint density at radius 3 is 2.78 bits per heavy atom. The largest absolute Gasteiger partial charge is 0.305 e. The van der Waals surface area contributed by atoms with Crippen molar-refractivity contribution in [2.24, 2.45) is 0 Å². The number of pyridine rings is 1. The molecule has 3 aromatic heterocycles. The summed E-state index contributed by atoms with van der Waals surface area (Å²) in [4.78, 5) is 12.4. The second-order valence-corrected chi connectivity index (χ2v) is 4.18. The lowest BCUT2D eigenvalue weighted by atomic mass is 10.3. The summed E-state index contributed by atoms with van der Waals surface area (Å²) in [6, 6.07) is 5.54. The van der Waals surface area contributed by atoms with Crippen LogP contribution in [0.1, 0.15) is 11.4 Å². The van der Waals surface area contributed by atoms with E-state index < -0.39 is 0 Å². The SMILES string of the molecule is Clc1ccc2nc(/C=C/c3ccncn3)cn2c1. The number of hydrogen-bond acceptors (Lipinski definition) is 3. The Morgan fingerprint density at radius 1 is 1.06 bits per heavy atom. The summed E-state index contributed by atoms with van der Waals surface area (Å²) in [6.45, 7) is 0. The molecule has 0 aliphatic carbocycles. The standard InChI is InChI=1S/C13H9ClN4/c14-10-1-4-13-17-12(8-18(13)7-10)3-2-11-5-6-15-9-16-11/h1-9H/b3-2+. The Bertz CT molecular complexity index is 703. The van der Waals surface area contributed by atoms with Gasteiger partial charge in [-0.1, -0.05) is 11.6 Å². The summed E-state index contributed by atoms with van der Waals surface area (Å²) in [5, 5.41) is 0.686. The molecule has 0 aliphatic heterocycles. The Kier molecular flexibility index (Phi) is 2.78. The van der Waals surface area contributed by atoms with E-state index >= 15 is 0 Å². The van der Waals surface area contributed by atoms with Crippen molar-refractivity contribution in [1.82, 2.24) is 19.4 Å². The smallest absolute Gasteiger partial charge is 0.137 e. The molecule has 3 rings (SSSR count). The van der Waals surface area contributed by atoms with Gasteiger partial charge in [-0.2, -0.15) is 0 Å². The Morgan fingerprint density at radius 2 is 1.94 bits per heavy atom. The normalized spacial score (nSPS) is 11.4. The van der Waals surface area contributed by atoms with Crippen LogP contribution in [0.3, 0.4) is 0 Å². The van der Waals surface area contributed by atoms with E-state index in [4.69, 9.17) is 11.6 Å². The summed E-state index contributed by atoms with van der Waals surface area (Å²) in [5.41, 5.74) is 2.57. The maximum atomic E-state index is 5.92. The molecule has 4 nitrogen and oxygen atoms in total. The van der Waals surface area contributed by atoms with Gasteiger partial charge in [0, 0.05) is 18.6 Å². The van der Waals surface area contributed by atoms with Crippen molar-refractivity contribution in [3.63, 3.8) is 0 Å². The van der Waals surface area contributed by atoms with E-state index in [1.165, 1.54) is 6.33 Å². The van der Waals surface area contributed by atoms with Crippen LogP contribution in [0.15, 0.2) is 43.1 Å². The van der Waals surface area contributed by atoms with E-state index in [0.29, 0.717) is 5.02 Å². The van der Waals surface area contributed by atoms with Gasteiger partial charge in [-0.15, -0.1) is 0 Å². The minimum Gasteiger partial charge on any atom is -0.305 e. The Hall–Kier alpha value is -2.20. The molecule has 0 saturated carbocycles. The third-order valence-corrected chi connectivity index (χ3v) is 2.69. The molecule has 0 bridgehead atoms. The number of halogens is 1. The minimum absolute atomic E-state index is 0.686. The van der Waals surface area contributed by atoms with Crippen molar-refractivity contribution in [2.45, 2.75) is 0 Å². The molecule has 18 heavy (non-hydrogen) atoms. The quantitative estimate of drug-likeness (QED) is 0.708. The zero-order valence-electron chi connectivity index (χ0n) is 9.36. The highest BCUT2D eigenvalue weighted by atomic mass is 35.5. The van der Waals surface area contributed by atoms with Gasteiger partial charge in [-0.05, 0) is 30.4 Å². The number of fused-ring (bicyclic) bond motifs is 1. The minimum atomic E-state index is 0.686. The van der Waals surface area contributed by atoms with Gasteiger partial charge in [-0.25, -0.2) is 15.0 Å². The van der Waals surface area contributed by atoms with Crippen LogP contribution in [-0.2, 0) is 0 Å². The Balaban J connectivity index is 1.93. The highest BCUT2D eigenvalue weighted by molar-refractivity contribution is 6.30. The van der Waals surface area contributed by atoms with Crippen molar-refractivity contribution >= 4 is 29.4 Å². The molecule has 88 valence electrons. The maximum absolute atomic E-state index is 5.92. The van der Waals surface area contributed by atoms with Crippen molar-refractivity contribution in [1.29, 1.82) is 0 Å². The molecular weight excluding hydrogens is 248 g/mol. The first-order valence-electron chi connectivity index (χ1n) is 5.40. The molecule has 0 atom stereocenters. The Labute approximate surface area is 109 Å². The van der Waals surface area contributed by atoms with Crippen molar-refractivity contribution in [2.75, 3.05) is 0 Å². The summed E-state index contributed by atoms with van der Waals surface area (Å²) >= 11 is 5.92. The maximum Gasteiger partial charge on any atom is 0.137 e. The zero-order valence-corrected chi connectivity index (χ0v) is 10.1. The molecule has 3 aromatic rings. The van der Waals surface area contributed by atoms with Crippen molar-refractivity contribution in [3.8, 4) is 0 Å². The first kappa shape index (κ1) is 10.9. The van der Waals surface area contributed by atoms with Crippen LogP contribution in [-0.4, -0.2) is 19.4 Å². The predicted molar refractivity (Wildman–Crippen MR) is 71.2 cm³/mol. The van der Waals surface area contributed by atoms with Crippen LogP contribution < -0.4 is 0 Å². The van der Waals surface area contributed by atoms with Gasteiger partial charge in [0.1, 0.15) is 12.0 Å². The molecular formula is C13H9ClN4. The highest BCUT2D eigenvalue weighted by Crippen LogP contribution is 2.13. The topological polar surface area (TPSA) is 43.1 Å². The monoisotopic (exact) mass is 256 g/mol. The molecule has 3 heterocycles. The lowest BCUT2D eigenvalue weighted by molar-refractivity contribution is 1.15. The average molecular weight is 257 g/mol. The van der Waals surface area contributed by atoms with Crippen LogP contribution in [0.2, 0.25) is 5.02 Å². The first-order chi connectivity index (χ1) is 8.81. The number of hydrogen-bond donors (Lipinski definition) is 0. The highest BCUT2D eigenvalue weighted by Gasteiger charge is 1.98. The van der Waals surface area contributed by atoms with Gasteiger partial charge < -0.3 is 4.40 Å². The van der Waals surface area contributed by atoms with E-state index in [2.05, 4.69) is 15.0 Å². The fourth-order valence-electron chi connectivity index (χ4n) is 1.63. The van der Waals surface area contributed by atoms with Crippen LogP contribution in [0.25, 0.3) is 17.8 Å². The van der Waals surface area contributed by atoms with Gasteiger partial charge in [0.25, 0.3) is 0 Å². The average Bonchev–Trinajstić information content (AvgIpc) is 2.79. The first-order valence-corrected chi connectivity index (χ1v) is 5.77. The molecule has 5 heteroatoms. The third-order valence-electron chi connectivity index (χ3n) is 2.46. The van der Waals surface area contributed by atoms with Crippen LogP contribution in [0, 0.1) is 0 Å². The molecule has 0 aliphatic rings. The molecule has 0 aromatic carbocycles. The van der Waals surface area contributed by atoms with E-state index in [9.17, 15) is 0 Å². The third kappa shape index (κ3) is 2.24. The summed E-state index contributed by atoms with van der Waals surface area (Å²) in [7, 11) is 0. The zero-order chi connectivity index (χ0) is 12.4. The molecule has 0 spiro atoms. The summed E-state index contributed by atoms with van der Waals surface area (Å²) < 4.78 is 1.89. The fourth-order valence-corrected chi connectivity index (χ4v) is 1.80. The van der Waals surface area contributed by atoms with Gasteiger partial charge in [-0.3, -0.25) is 0 Å². The van der Waals surface area contributed by atoms with E-state index in [0.717, 1.165) is 17.0 Å². The lowest BCUT2D eigenvalue weighted by Gasteiger charge is -1.91.